The molecule has 0 saturated carbocycles. The molecule has 2 N–H and O–H groups in total. The van der Waals surface area contributed by atoms with E-state index in [9.17, 15) is 4.79 Å². The van der Waals surface area contributed by atoms with Gasteiger partial charge in [-0.05, 0) is 0 Å². The number of carbonyl (C=O) groups is 1. The first-order valence-electron chi connectivity index (χ1n) is 5.96. The fraction of sp³-hybridized carbons (Fsp3) is 0.545. The van der Waals surface area contributed by atoms with Gasteiger partial charge in [-0.1, -0.05) is 11.6 Å². The van der Waals surface area contributed by atoms with E-state index in [1.165, 1.54) is 6.33 Å². The smallest absolute Gasteiger partial charge is 0.356 e. The molecule has 0 atom stereocenters. The van der Waals surface area contributed by atoms with Gasteiger partial charge < -0.3 is 15.2 Å². The first-order valence-corrected chi connectivity index (χ1v) is 6.34. The molecule has 7 nitrogen and oxygen atoms in total. The number of nitrogens with zero attached hydrogens (tertiary/aromatic N) is 3. The number of hydrogen-bond donors (Lipinski definition) is 2. The molecule has 1 aromatic rings. The van der Waals surface area contributed by atoms with E-state index >= 15 is 0 Å². The summed E-state index contributed by atoms with van der Waals surface area (Å²) in [5, 5.41) is 12.0. The predicted molar refractivity (Wildman–Crippen MR) is 69.8 cm³/mol. The number of ether oxygens (including phenoxy) is 1. The van der Waals surface area contributed by atoms with Crippen LogP contribution in [-0.4, -0.2) is 65.3 Å². The van der Waals surface area contributed by atoms with Crippen molar-refractivity contribution in [3.8, 4) is 0 Å². The third-order valence-electron chi connectivity index (χ3n) is 2.82. The van der Waals surface area contributed by atoms with Crippen molar-refractivity contribution >= 4 is 23.4 Å². The van der Waals surface area contributed by atoms with Crippen molar-refractivity contribution in [2.75, 3.05) is 44.7 Å². The largest absolute Gasteiger partial charge is 0.476 e. The molecule has 1 aliphatic heterocycles. The quantitative estimate of drug-likeness (QED) is 0.818. The van der Waals surface area contributed by atoms with E-state index in [4.69, 9.17) is 21.4 Å². The number of anilines is 1. The zero-order chi connectivity index (χ0) is 13.7. The number of aromatic carboxylic acids is 1. The number of halogens is 1. The lowest BCUT2D eigenvalue weighted by Crippen LogP contribution is -2.39. The van der Waals surface area contributed by atoms with Crippen LogP contribution in [0.2, 0.25) is 5.02 Å². The Balaban J connectivity index is 1.88. The van der Waals surface area contributed by atoms with Gasteiger partial charge in [0.1, 0.15) is 17.2 Å². The van der Waals surface area contributed by atoms with Crippen LogP contribution in [0.15, 0.2) is 6.33 Å². The zero-order valence-electron chi connectivity index (χ0n) is 10.3. The molecule has 19 heavy (non-hydrogen) atoms. The van der Waals surface area contributed by atoms with Crippen LogP contribution >= 0.6 is 11.6 Å². The van der Waals surface area contributed by atoms with Crippen molar-refractivity contribution < 1.29 is 14.6 Å². The van der Waals surface area contributed by atoms with E-state index in [0.29, 0.717) is 12.4 Å². The summed E-state index contributed by atoms with van der Waals surface area (Å²) in [6.45, 7) is 4.76. The molecule has 104 valence electrons. The first kappa shape index (κ1) is 14.0. The van der Waals surface area contributed by atoms with Gasteiger partial charge >= 0.3 is 5.97 Å². The molecule has 1 fully saturated rings. The average molecular weight is 287 g/mol. The summed E-state index contributed by atoms with van der Waals surface area (Å²) in [6, 6.07) is 0. The zero-order valence-corrected chi connectivity index (χ0v) is 11.1. The summed E-state index contributed by atoms with van der Waals surface area (Å²) in [5.74, 6) is -0.814. The summed E-state index contributed by atoms with van der Waals surface area (Å²) >= 11 is 5.92. The van der Waals surface area contributed by atoms with E-state index in [0.717, 1.165) is 32.8 Å². The van der Waals surface area contributed by atoms with Crippen LogP contribution in [0.25, 0.3) is 0 Å². The van der Waals surface area contributed by atoms with Gasteiger partial charge in [0.05, 0.1) is 13.2 Å². The maximum absolute atomic E-state index is 10.9. The maximum Gasteiger partial charge on any atom is 0.356 e. The van der Waals surface area contributed by atoms with Crippen molar-refractivity contribution in [1.82, 2.24) is 14.9 Å². The Bertz CT molecular complexity index is 452. The standard InChI is InChI=1S/C11H15ClN4O3/c12-8-9(11(17)18)14-7-15-10(8)13-1-2-16-3-5-19-6-4-16/h7H,1-6H2,(H,17,18)(H,13,14,15). The molecule has 0 amide bonds. The number of nitrogens with one attached hydrogen (secondary N) is 1. The monoisotopic (exact) mass is 286 g/mol. The van der Waals surface area contributed by atoms with E-state index < -0.39 is 5.97 Å². The Labute approximate surface area is 115 Å². The van der Waals surface area contributed by atoms with Gasteiger partial charge in [-0.2, -0.15) is 0 Å². The lowest BCUT2D eigenvalue weighted by molar-refractivity contribution is 0.0398. The number of carboxylic acid groups (broad SMARTS) is 1. The van der Waals surface area contributed by atoms with Crippen molar-refractivity contribution in [2.45, 2.75) is 0 Å². The van der Waals surface area contributed by atoms with Crippen LogP contribution in [0.5, 0.6) is 0 Å². The molecular formula is C11H15ClN4O3. The summed E-state index contributed by atoms with van der Waals surface area (Å²) in [5.41, 5.74) is -0.189. The minimum absolute atomic E-state index is 0.0389. The fourth-order valence-corrected chi connectivity index (χ4v) is 2.04. The Morgan fingerprint density at radius 1 is 1.47 bits per heavy atom. The highest BCUT2D eigenvalue weighted by Gasteiger charge is 2.15. The number of morpholine rings is 1. The number of carboxylic acids is 1. The third-order valence-corrected chi connectivity index (χ3v) is 3.17. The summed E-state index contributed by atoms with van der Waals surface area (Å²) in [6.07, 6.45) is 1.19. The summed E-state index contributed by atoms with van der Waals surface area (Å²) in [7, 11) is 0. The molecule has 0 bridgehead atoms. The maximum atomic E-state index is 10.9. The van der Waals surface area contributed by atoms with Crippen LogP contribution < -0.4 is 5.32 Å². The molecule has 0 aromatic carbocycles. The number of hydrogen-bond acceptors (Lipinski definition) is 6. The molecule has 0 radical (unpaired) electrons. The highest BCUT2D eigenvalue weighted by atomic mass is 35.5. The van der Waals surface area contributed by atoms with Gasteiger partial charge in [0.25, 0.3) is 0 Å². The first-order chi connectivity index (χ1) is 9.18. The molecule has 1 saturated heterocycles. The number of rotatable bonds is 5. The van der Waals surface area contributed by atoms with Crippen molar-refractivity contribution in [2.24, 2.45) is 0 Å². The highest BCUT2D eigenvalue weighted by Crippen LogP contribution is 2.21. The second kappa shape index (κ2) is 6.65. The molecule has 1 aliphatic rings. The van der Waals surface area contributed by atoms with Gasteiger partial charge in [-0.15, -0.1) is 0 Å². The predicted octanol–water partition coefficient (Wildman–Crippen LogP) is 0.572. The van der Waals surface area contributed by atoms with E-state index in [1.807, 2.05) is 0 Å². The lowest BCUT2D eigenvalue weighted by Gasteiger charge is -2.26. The van der Waals surface area contributed by atoms with Gasteiger partial charge in [0.2, 0.25) is 0 Å². The molecule has 0 unspecified atom stereocenters. The third kappa shape index (κ3) is 3.76. The fourth-order valence-electron chi connectivity index (χ4n) is 1.80. The molecule has 2 heterocycles. The molecule has 2 rings (SSSR count). The Morgan fingerprint density at radius 3 is 2.89 bits per heavy atom. The van der Waals surface area contributed by atoms with Crippen LogP contribution in [-0.2, 0) is 4.74 Å². The van der Waals surface area contributed by atoms with Gasteiger partial charge in [-0.3, -0.25) is 4.90 Å². The Kier molecular flexibility index (Phi) is 4.89. The van der Waals surface area contributed by atoms with E-state index in [1.54, 1.807) is 0 Å². The van der Waals surface area contributed by atoms with Crippen molar-refractivity contribution in [1.29, 1.82) is 0 Å². The Hall–Kier alpha value is -1.44. The Morgan fingerprint density at radius 2 is 2.21 bits per heavy atom. The molecular weight excluding hydrogens is 272 g/mol. The summed E-state index contributed by atoms with van der Waals surface area (Å²) in [4.78, 5) is 20.7. The second-order valence-corrected chi connectivity index (χ2v) is 4.45. The molecule has 0 aliphatic carbocycles. The van der Waals surface area contributed by atoms with Crippen molar-refractivity contribution in [3.63, 3.8) is 0 Å². The number of aromatic nitrogens is 2. The lowest BCUT2D eigenvalue weighted by atomic mass is 10.3. The summed E-state index contributed by atoms with van der Waals surface area (Å²) < 4.78 is 5.26. The van der Waals surface area contributed by atoms with Gasteiger partial charge in [-0.25, -0.2) is 14.8 Å². The van der Waals surface area contributed by atoms with Crippen LogP contribution in [0, 0.1) is 0 Å². The second-order valence-electron chi connectivity index (χ2n) is 4.07. The highest BCUT2D eigenvalue weighted by molar-refractivity contribution is 6.35. The molecule has 8 heteroatoms. The average Bonchev–Trinajstić information content (AvgIpc) is 2.41. The van der Waals surface area contributed by atoms with Crippen LogP contribution in [0.1, 0.15) is 10.5 Å². The SMILES string of the molecule is O=C(O)c1ncnc(NCCN2CCOCC2)c1Cl. The molecule has 0 spiro atoms. The van der Waals surface area contributed by atoms with E-state index in [2.05, 4.69) is 20.2 Å². The van der Waals surface area contributed by atoms with Crippen LogP contribution in [0.3, 0.4) is 0 Å². The van der Waals surface area contributed by atoms with Crippen molar-refractivity contribution in [3.05, 3.63) is 17.0 Å². The normalized spacial score (nSPS) is 16.3. The minimum atomic E-state index is -1.16. The van der Waals surface area contributed by atoms with Gasteiger partial charge in [0, 0.05) is 26.2 Å². The minimum Gasteiger partial charge on any atom is -0.476 e. The van der Waals surface area contributed by atoms with Gasteiger partial charge in [0.15, 0.2) is 5.69 Å². The van der Waals surface area contributed by atoms with Crippen LogP contribution in [0.4, 0.5) is 5.82 Å². The molecule has 1 aromatic heterocycles. The topological polar surface area (TPSA) is 87.6 Å². The van der Waals surface area contributed by atoms with E-state index in [-0.39, 0.29) is 10.7 Å².